The number of nitrogens with zero attached hydrogens (tertiary/aromatic N) is 3. The van der Waals surface area contributed by atoms with Crippen LogP contribution in [-0.4, -0.2) is 14.8 Å². The van der Waals surface area contributed by atoms with Crippen LogP contribution in [0.15, 0.2) is 23.4 Å². The second-order valence-corrected chi connectivity index (χ2v) is 4.38. The summed E-state index contributed by atoms with van der Waals surface area (Å²) < 4.78 is 27.3. The number of nitrogen functional groups attached to an aromatic ring is 1. The van der Waals surface area contributed by atoms with Crippen LogP contribution in [0.25, 0.3) is 0 Å². The summed E-state index contributed by atoms with van der Waals surface area (Å²) in [5.74, 6) is -0.900. The zero-order chi connectivity index (χ0) is 12.4. The minimum atomic E-state index is -0.847. The molecule has 0 saturated carbocycles. The molecule has 1 heterocycles. The largest absolute Gasteiger partial charge is 0.368 e. The van der Waals surface area contributed by atoms with Crippen molar-refractivity contribution in [2.24, 2.45) is 7.05 Å². The molecule has 90 valence electrons. The Labute approximate surface area is 101 Å². The number of rotatable bonds is 3. The highest BCUT2D eigenvalue weighted by Gasteiger charge is 2.07. The van der Waals surface area contributed by atoms with Crippen LogP contribution in [-0.2, 0) is 12.8 Å². The summed E-state index contributed by atoms with van der Waals surface area (Å²) in [6, 6.07) is 3.81. The van der Waals surface area contributed by atoms with Crippen LogP contribution in [0, 0.1) is 11.6 Å². The third-order valence-electron chi connectivity index (χ3n) is 2.22. The van der Waals surface area contributed by atoms with Gasteiger partial charge in [-0.3, -0.25) is 4.57 Å². The number of aromatic nitrogens is 3. The van der Waals surface area contributed by atoms with Gasteiger partial charge in [0, 0.05) is 12.8 Å². The average molecular weight is 256 g/mol. The molecule has 0 aliphatic carbocycles. The van der Waals surface area contributed by atoms with Crippen LogP contribution >= 0.6 is 11.8 Å². The summed E-state index contributed by atoms with van der Waals surface area (Å²) in [4.78, 5) is 0. The van der Waals surface area contributed by atoms with E-state index in [-0.39, 0.29) is 0 Å². The lowest BCUT2D eigenvalue weighted by Crippen LogP contribution is -1.98. The van der Waals surface area contributed by atoms with Gasteiger partial charge in [-0.15, -0.1) is 10.2 Å². The normalized spacial score (nSPS) is 10.8. The zero-order valence-corrected chi connectivity index (χ0v) is 9.84. The predicted molar refractivity (Wildman–Crippen MR) is 61.3 cm³/mol. The van der Waals surface area contributed by atoms with E-state index in [1.807, 2.05) is 0 Å². The van der Waals surface area contributed by atoms with Gasteiger partial charge in [-0.2, -0.15) is 0 Å². The van der Waals surface area contributed by atoms with E-state index in [0.29, 0.717) is 22.4 Å². The topological polar surface area (TPSA) is 56.7 Å². The molecule has 0 saturated heterocycles. The van der Waals surface area contributed by atoms with Gasteiger partial charge in [0.2, 0.25) is 5.95 Å². The van der Waals surface area contributed by atoms with Crippen LogP contribution < -0.4 is 5.73 Å². The molecule has 2 rings (SSSR count). The first-order valence-corrected chi connectivity index (χ1v) is 5.78. The number of hydrogen-bond acceptors (Lipinski definition) is 4. The predicted octanol–water partition coefficient (Wildman–Crippen LogP) is 1.97. The fourth-order valence-electron chi connectivity index (χ4n) is 1.23. The molecule has 0 atom stereocenters. The molecule has 4 nitrogen and oxygen atoms in total. The van der Waals surface area contributed by atoms with E-state index in [4.69, 9.17) is 5.73 Å². The number of benzene rings is 1. The maximum atomic E-state index is 13.0. The molecule has 17 heavy (non-hydrogen) atoms. The van der Waals surface area contributed by atoms with Gasteiger partial charge >= 0.3 is 0 Å². The van der Waals surface area contributed by atoms with Crippen molar-refractivity contribution in [3.05, 3.63) is 35.4 Å². The van der Waals surface area contributed by atoms with Crippen molar-refractivity contribution in [3.63, 3.8) is 0 Å². The van der Waals surface area contributed by atoms with Gasteiger partial charge in [-0.05, 0) is 17.7 Å². The molecule has 0 bridgehead atoms. The van der Waals surface area contributed by atoms with E-state index in [9.17, 15) is 8.78 Å². The summed E-state index contributed by atoms with van der Waals surface area (Å²) >= 11 is 1.36. The lowest BCUT2D eigenvalue weighted by atomic mass is 10.2. The number of nitrogens with two attached hydrogens (primary N) is 1. The first kappa shape index (κ1) is 11.8. The van der Waals surface area contributed by atoms with Crippen molar-refractivity contribution < 1.29 is 8.78 Å². The SMILES string of the molecule is Cn1c(N)nnc1SCc1ccc(F)c(F)c1. The van der Waals surface area contributed by atoms with Gasteiger partial charge in [0.15, 0.2) is 16.8 Å². The Morgan fingerprint density at radius 3 is 2.65 bits per heavy atom. The van der Waals surface area contributed by atoms with Gasteiger partial charge in [0.05, 0.1) is 0 Å². The fourth-order valence-corrected chi connectivity index (χ4v) is 2.09. The van der Waals surface area contributed by atoms with Gasteiger partial charge in [0.1, 0.15) is 0 Å². The van der Waals surface area contributed by atoms with Crippen molar-refractivity contribution in [3.8, 4) is 0 Å². The molecule has 0 amide bonds. The maximum Gasteiger partial charge on any atom is 0.222 e. The Hall–Kier alpha value is -1.63. The molecular weight excluding hydrogens is 246 g/mol. The number of halogens is 2. The highest BCUT2D eigenvalue weighted by Crippen LogP contribution is 2.22. The summed E-state index contributed by atoms with van der Waals surface area (Å²) in [6.07, 6.45) is 0. The molecular formula is C10H10F2N4S. The van der Waals surface area contributed by atoms with E-state index in [0.717, 1.165) is 6.07 Å². The first-order chi connectivity index (χ1) is 8.08. The molecule has 0 radical (unpaired) electrons. The number of anilines is 1. The molecule has 0 aliphatic heterocycles. The van der Waals surface area contributed by atoms with E-state index in [1.54, 1.807) is 11.6 Å². The molecule has 0 spiro atoms. The molecule has 1 aromatic heterocycles. The van der Waals surface area contributed by atoms with Crippen molar-refractivity contribution in [2.75, 3.05) is 5.73 Å². The summed E-state index contributed by atoms with van der Waals surface area (Å²) in [7, 11) is 1.74. The molecule has 0 unspecified atom stereocenters. The van der Waals surface area contributed by atoms with E-state index >= 15 is 0 Å². The third-order valence-corrected chi connectivity index (χ3v) is 3.31. The third kappa shape index (κ3) is 2.55. The van der Waals surface area contributed by atoms with Crippen molar-refractivity contribution in [1.82, 2.24) is 14.8 Å². The van der Waals surface area contributed by atoms with E-state index < -0.39 is 11.6 Å². The highest BCUT2D eigenvalue weighted by molar-refractivity contribution is 7.98. The first-order valence-electron chi connectivity index (χ1n) is 4.79. The van der Waals surface area contributed by atoms with Crippen LogP contribution in [0.5, 0.6) is 0 Å². The van der Waals surface area contributed by atoms with E-state index in [2.05, 4.69) is 10.2 Å². The fraction of sp³-hybridized carbons (Fsp3) is 0.200. The minimum Gasteiger partial charge on any atom is -0.368 e. The van der Waals surface area contributed by atoms with Crippen molar-refractivity contribution >= 4 is 17.7 Å². The second kappa shape index (κ2) is 4.70. The molecule has 2 aromatic rings. The van der Waals surface area contributed by atoms with Crippen molar-refractivity contribution in [1.29, 1.82) is 0 Å². The number of thioether (sulfide) groups is 1. The Kier molecular flexibility index (Phi) is 3.28. The summed E-state index contributed by atoms with van der Waals surface area (Å²) in [5, 5.41) is 8.18. The molecule has 7 heteroatoms. The Bertz CT molecular complexity index is 541. The Morgan fingerprint density at radius 1 is 1.29 bits per heavy atom. The lowest BCUT2D eigenvalue weighted by Gasteiger charge is -2.02. The summed E-state index contributed by atoms with van der Waals surface area (Å²) in [6.45, 7) is 0. The Balaban J connectivity index is 2.07. The number of hydrogen-bond donors (Lipinski definition) is 1. The van der Waals surface area contributed by atoms with Gasteiger partial charge in [0.25, 0.3) is 0 Å². The molecule has 0 aliphatic rings. The average Bonchev–Trinajstić information content (AvgIpc) is 2.62. The minimum absolute atomic E-state index is 0.317. The lowest BCUT2D eigenvalue weighted by molar-refractivity contribution is 0.507. The second-order valence-electron chi connectivity index (χ2n) is 3.44. The highest BCUT2D eigenvalue weighted by atomic mass is 32.2. The quantitative estimate of drug-likeness (QED) is 0.853. The summed E-state index contributed by atoms with van der Waals surface area (Å²) in [5.41, 5.74) is 6.20. The van der Waals surface area contributed by atoms with Crippen LogP contribution in [0.3, 0.4) is 0 Å². The van der Waals surface area contributed by atoms with Crippen molar-refractivity contribution in [2.45, 2.75) is 10.9 Å². The maximum absolute atomic E-state index is 13.0. The van der Waals surface area contributed by atoms with Gasteiger partial charge in [-0.1, -0.05) is 17.8 Å². The van der Waals surface area contributed by atoms with Crippen LogP contribution in [0.4, 0.5) is 14.7 Å². The molecule has 1 aromatic carbocycles. The monoisotopic (exact) mass is 256 g/mol. The Morgan fingerprint density at radius 2 is 2.06 bits per heavy atom. The van der Waals surface area contributed by atoms with Gasteiger partial charge < -0.3 is 5.73 Å². The van der Waals surface area contributed by atoms with Crippen LogP contribution in [0.2, 0.25) is 0 Å². The molecule has 0 fully saturated rings. The van der Waals surface area contributed by atoms with Crippen LogP contribution in [0.1, 0.15) is 5.56 Å². The van der Waals surface area contributed by atoms with Gasteiger partial charge in [-0.25, -0.2) is 8.78 Å². The van der Waals surface area contributed by atoms with E-state index in [1.165, 1.54) is 23.9 Å². The molecule has 2 N–H and O–H groups in total. The zero-order valence-electron chi connectivity index (χ0n) is 9.02. The smallest absolute Gasteiger partial charge is 0.222 e. The standard InChI is InChI=1S/C10H10F2N4S/c1-16-9(13)14-15-10(16)17-5-6-2-3-7(11)8(12)4-6/h2-4H,5H2,1H3,(H2,13,14).